The Morgan fingerprint density at radius 3 is 1.40 bits per heavy atom. The number of hydrogen-bond acceptors (Lipinski definition) is 15. The predicted molar refractivity (Wildman–Crippen MR) is 350 cm³/mol. The summed E-state index contributed by atoms with van der Waals surface area (Å²) >= 11 is 0. The Balaban J connectivity index is 0.000000169. The van der Waals surface area contributed by atoms with Gasteiger partial charge in [-0.2, -0.15) is 15.0 Å². The lowest BCUT2D eigenvalue weighted by atomic mass is 10.0. The highest BCUT2D eigenvalue weighted by Crippen LogP contribution is 2.42. The minimum atomic E-state index is -3.06. The molecule has 0 amide bonds. The summed E-state index contributed by atoms with van der Waals surface area (Å²) in [5.41, 5.74) is 8.35. The summed E-state index contributed by atoms with van der Waals surface area (Å²) in [6, 6.07) is 28.4. The van der Waals surface area contributed by atoms with Crippen LogP contribution in [0.1, 0.15) is 171 Å². The van der Waals surface area contributed by atoms with Crippen LogP contribution in [0.4, 0.5) is 17.1 Å². The second kappa shape index (κ2) is 29.7. The van der Waals surface area contributed by atoms with Gasteiger partial charge in [-0.05, 0) is 207 Å². The maximum Gasteiger partial charge on any atom is 0.256 e. The molecule has 3 atom stereocenters. The molecule has 0 saturated heterocycles. The molecule has 0 radical (unpaired) electrons. The average Bonchev–Trinajstić information content (AvgIpc) is 1.52. The number of nitrogens with zero attached hydrogens (tertiary/aromatic N) is 9. The standard InChI is InChI=1S/3C24H26N4O2/c3*1-5-13-26-20-11-10-17-18(20)7-6-8-19(17)23-27-24(30-28-23)16-9-12-22(29-15(2)3)21(14-16)25-4/h3*6-9,12,14-15,20,26H,5,10-11,13H2,1-3H3/t3*20-/m000/s1/i5D2,10D2,11D2,13D2,15D,20D;13D2;5D2. The maximum atomic E-state index is 8.93. The molecule has 0 unspecified atom stereocenters. The molecule has 3 aromatic heterocycles. The normalized spacial score (nSPS) is 20.2. The summed E-state index contributed by atoms with van der Waals surface area (Å²) in [5, 5.41) is 20.9. The van der Waals surface area contributed by atoms with Crippen LogP contribution >= 0.6 is 0 Å². The Labute approximate surface area is 547 Å². The van der Waals surface area contributed by atoms with Gasteiger partial charge in [-0.15, -0.1) is 0 Å². The van der Waals surface area contributed by atoms with Crippen LogP contribution in [0.5, 0.6) is 17.2 Å². The van der Waals surface area contributed by atoms with Crippen LogP contribution < -0.4 is 30.2 Å². The highest BCUT2D eigenvalue weighted by Gasteiger charge is 2.30. The number of ether oxygens (including phenoxy) is 3. The molecule has 3 N–H and O–H groups in total. The Morgan fingerprint density at radius 1 is 0.556 bits per heavy atom. The number of benzene rings is 6. The van der Waals surface area contributed by atoms with Gasteiger partial charge < -0.3 is 43.7 Å². The fourth-order valence-electron chi connectivity index (χ4n) is 10.6. The quantitative estimate of drug-likeness (QED) is 0.0575. The summed E-state index contributed by atoms with van der Waals surface area (Å²) in [6.07, 6.45) is -7.23. The number of fused-ring (bicyclic) bond motifs is 3. The highest BCUT2D eigenvalue weighted by molar-refractivity contribution is 5.74. The lowest BCUT2D eigenvalue weighted by Crippen LogP contribution is -2.19. The molecule has 462 valence electrons. The number of aromatic nitrogens is 6. The third-order valence-electron chi connectivity index (χ3n) is 14.5. The van der Waals surface area contributed by atoms with Gasteiger partial charge >= 0.3 is 0 Å². The van der Waals surface area contributed by atoms with Crippen molar-refractivity contribution in [3.63, 3.8) is 0 Å². The summed E-state index contributed by atoms with van der Waals surface area (Å²) in [4.78, 5) is 24.1. The molecule has 0 saturated carbocycles. The smallest absolute Gasteiger partial charge is 0.256 e. The van der Waals surface area contributed by atoms with E-state index < -0.39 is 50.6 Å². The number of nitrogens with one attached hydrogen (secondary N) is 3. The number of hydrogen-bond donors (Lipinski definition) is 3. The molecule has 90 heavy (non-hydrogen) atoms. The number of rotatable bonds is 21. The molecular weight excluding hydrogens is 1130 g/mol. The van der Waals surface area contributed by atoms with Crippen LogP contribution in [0.3, 0.4) is 0 Å². The van der Waals surface area contributed by atoms with E-state index in [2.05, 4.69) is 67.0 Å². The fraction of sp³-hybridized carbons (Fsp3) is 0.375. The van der Waals surface area contributed by atoms with Gasteiger partial charge in [-0.25, -0.2) is 14.5 Å². The van der Waals surface area contributed by atoms with Crippen molar-refractivity contribution in [2.24, 2.45) is 0 Å². The van der Waals surface area contributed by atoms with Gasteiger partial charge in [0.1, 0.15) is 17.2 Å². The molecule has 9 aromatic rings. The highest BCUT2D eigenvalue weighted by atomic mass is 16.5. The first-order chi connectivity index (χ1) is 48.7. The first kappa shape index (κ1) is 47.5. The van der Waals surface area contributed by atoms with Crippen molar-refractivity contribution in [3.8, 4) is 85.8 Å². The van der Waals surface area contributed by atoms with Gasteiger partial charge in [0, 0.05) is 67.9 Å². The summed E-state index contributed by atoms with van der Waals surface area (Å²) in [6.45, 7) is 33.4. The SMILES string of the molecule is [2H]C(C)(C)Oc1ccc(-c2nc(-c3cccc4c3C([2H])([2H])C([2H])([2H])[C@]4([2H])NC([2H])([2H])C([2H])([2H])C)no2)cc1[N+]#[C-].[2H]C([2H])(C)CN[C@H]1CCc2c(-c3noc(-c4ccc(OC(C)C)c([N+]#[C-])c4)n3)cccc21.[2H]C([2H])(CC)N[C@H]1CCc2c(-c3noc(-c4ccc(OC(C)C)c([N+]#[C-])c4)n3)cccc21. The lowest BCUT2D eigenvalue weighted by molar-refractivity contribution is 0.244. The van der Waals surface area contributed by atoms with Crippen LogP contribution in [-0.4, -0.2) is 68.2 Å². The van der Waals surface area contributed by atoms with Crippen LogP contribution in [0.25, 0.3) is 83.1 Å². The minimum absolute atomic E-state index is 0.00122. The summed E-state index contributed by atoms with van der Waals surface area (Å²) < 4.78 is 148. The van der Waals surface area contributed by atoms with E-state index in [1.807, 2.05) is 77.1 Å². The third kappa shape index (κ3) is 14.6. The molecule has 18 heteroatoms. The molecule has 0 bridgehead atoms. The molecular formula is C72H78N12O6. The van der Waals surface area contributed by atoms with Crippen molar-refractivity contribution < 1.29 is 47.0 Å². The van der Waals surface area contributed by atoms with E-state index in [9.17, 15) is 0 Å². The third-order valence-corrected chi connectivity index (χ3v) is 14.5. The van der Waals surface area contributed by atoms with E-state index in [-0.39, 0.29) is 64.1 Å². The monoisotopic (exact) mass is 1220 g/mol. The Hall–Kier alpha value is -9.51. The van der Waals surface area contributed by atoms with Crippen molar-refractivity contribution in [2.45, 2.75) is 156 Å². The minimum Gasteiger partial charge on any atom is -0.502 e. The molecule has 0 spiro atoms. The summed E-state index contributed by atoms with van der Waals surface area (Å²) in [5.74, 6) is 2.77. The van der Waals surface area contributed by atoms with Crippen molar-refractivity contribution in [1.29, 1.82) is 0 Å². The van der Waals surface area contributed by atoms with E-state index in [4.69, 9.17) is 66.7 Å². The van der Waals surface area contributed by atoms with Gasteiger partial charge in [0.2, 0.25) is 34.5 Å². The predicted octanol–water partition coefficient (Wildman–Crippen LogP) is 17.2. The first-order valence-corrected chi connectivity index (χ1v) is 29.5. The van der Waals surface area contributed by atoms with Gasteiger partial charge in [0.25, 0.3) is 17.7 Å². The largest absolute Gasteiger partial charge is 0.502 e. The van der Waals surface area contributed by atoms with Gasteiger partial charge in [0.05, 0.1) is 40.7 Å². The molecule has 0 fully saturated rings. The van der Waals surface area contributed by atoms with Crippen molar-refractivity contribution >= 4 is 17.1 Å². The zero-order chi connectivity index (χ0) is 75.9. The molecule has 12 rings (SSSR count). The Morgan fingerprint density at radius 2 is 0.989 bits per heavy atom. The molecule has 3 aliphatic rings. The van der Waals surface area contributed by atoms with Crippen LogP contribution in [0.2, 0.25) is 0 Å². The molecule has 18 nitrogen and oxygen atoms in total. The van der Waals surface area contributed by atoms with E-state index >= 15 is 0 Å². The lowest BCUT2D eigenvalue weighted by Gasteiger charge is -2.13. The van der Waals surface area contributed by atoms with Crippen molar-refractivity contribution in [3.05, 3.63) is 177 Å². The van der Waals surface area contributed by atoms with E-state index in [1.54, 1.807) is 37.3 Å². The zero-order valence-electron chi connectivity index (χ0n) is 65.4. The van der Waals surface area contributed by atoms with Crippen LogP contribution in [-0.2, 0) is 19.2 Å². The second-order valence-electron chi connectivity index (χ2n) is 21.7. The molecule has 0 aliphatic heterocycles. The van der Waals surface area contributed by atoms with Gasteiger partial charge in [-0.1, -0.05) is 90.8 Å². The van der Waals surface area contributed by atoms with E-state index in [0.717, 1.165) is 66.0 Å². The second-order valence-corrected chi connectivity index (χ2v) is 21.7. The van der Waals surface area contributed by atoms with Gasteiger partial charge in [-0.3, -0.25) is 0 Å². The maximum absolute atomic E-state index is 8.93. The van der Waals surface area contributed by atoms with Crippen LogP contribution in [0.15, 0.2) is 123 Å². The van der Waals surface area contributed by atoms with Gasteiger partial charge in [0.15, 0.2) is 0 Å². The van der Waals surface area contributed by atoms with E-state index in [1.165, 1.54) is 44.2 Å². The summed E-state index contributed by atoms with van der Waals surface area (Å²) in [7, 11) is 0. The first-order valence-electron chi connectivity index (χ1n) is 36.5. The Kier molecular flexibility index (Phi) is 15.7. The van der Waals surface area contributed by atoms with Crippen molar-refractivity contribution in [1.82, 2.24) is 46.4 Å². The molecule has 6 aromatic carbocycles. The average molecular weight is 1220 g/mol. The molecule has 3 aliphatic carbocycles. The van der Waals surface area contributed by atoms with Crippen LogP contribution in [0, 0.1) is 19.7 Å². The molecule has 3 heterocycles. The zero-order valence-corrected chi connectivity index (χ0v) is 51.4. The Bertz CT molecular complexity index is 4770. The fourth-order valence-corrected chi connectivity index (χ4v) is 10.6. The van der Waals surface area contributed by atoms with E-state index in [0.29, 0.717) is 76.0 Å². The van der Waals surface area contributed by atoms with Crippen molar-refractivity contribution in [2.75, 3.05) is 19.5 Å². The topological polar surface area (TPSA) is 194 Å².